The van der Waals surface area contributed by atoms with Crippen molar-refractivity contribution < 1.29 is 27.1 Å². The summed E-state index contributed by atoms with van der Waals surface area (Å²) >= 11 is 0. The lowest BCUT2D eigenvalue weighted by molar-refractivity contribution is -0.140. The van der Waals surface area contributed by atoms with Crippen LogP contribution in [0.3, 0.4) is 0 Å². The van der Waals surface area contributed by atoms with Crippen LogP contribution in [0, 0.1) is 5.82 Å². The molecule has 0 aliphatic rings. The monoisotopic (exact) mass is 405 g/mol. The average Bonchev–Trinajstić information content (AvgIpc) is 2.66. The Morgan fingerprint density at radius 3 is 2.38 bits per heavy atom. The lowest BCUT2D eigenvalue weighted by Gasteiger charge is -2.11. The van der Waals surface area contributed by atoms with Gasteiger partial charge in [-0.2, -0.15) is 13.2 Å². The standard InChI is InChI=1S/C20H15F4N3O2/c21-17-10-14(7-8-16(17)20(22,23)24)29-13-5-3-12(4-6-13)11-27-19(28)15-2-1-9-26-18(15)25/h1-10H,11H2,(H2,25,26)(H,27,28). The highest BCUT2D eigenvalue weighted by atomic mass is 19.4. The van der Waals surface area contributed by atoms with E-state index < -0.39 is 17.6 Å². The molecule has 0 aliphatic carbocycles. The zero-order valence-electron chi connectivity index (χ0n) is 14.8. The summed E-state index contributed by atoms with van der Waals surface area (Å²) in [5, 5.41) is 2.70. The van der Waals surface area contributed by atoms with Crippen molar-refractivity contribution in [2.75, 3.05) is 5.73 Å². The number of pyridine rings is 1. The Labute approximate surface area is 163 Å². The van der Waals surface area contributed by atoms with Crippen LogP contribution in [0.2, 0.25) is 0 Å². The van der Waals surface area contributed by atoms with Gasteiger partial charge in [-0.05, 0) is 42.0 Å². The Morgan fingerprint density at radius 1 is 1.07 bits per heavy atom. The molecular formula is C20H15F4N3O2. The number of halogens is 4. The lowest BCUT2D eigenvalue weighted by Crippen LogP contribution is -2.24. The largest absolute Gasteiger partial charge is 0.457 e. The van der Waals surface area contributed by atoms with Gasteiger partial charge in [-0.3, -0.25) is 4.79 Å². The molecule has 0 spiro atoms. The molecule has 3 rings (SSSR count). The molecule has 0 aliphatic heterocycles. The van der Waals surface area contributed by atoms with Gasteiger partial charge in [-0.1, -0.05) is 12.1 Å². The third-order valence-corrected chi connectivity index (χ3v) is 3.94. The predicted octanol–water partition coefficient (Wildman–Crippen LogP) is 4.54. The Morgan fingerprint density at radius 2 is 1.76 bits per heavy atom. The minimum Gasteiger partial charge on any atom is -0.457 e. The smallest absolute Gasteiger partial charge is 0.419 e. The molecule has 5 nitrogen and oxygen atoms in total. The summed E-state index contributed by atoms with van der Waals surface area (Å²) in [6.45, 7) is 0.211. The van der Waals surface area contributed by atoms with Gasteiger partial charge in [0.15, 0.2) is 0 Å². The maximum absolute atomic E-state index is 13.6. The summed E-state index contributed by atoms with van der Waals surface area (Å²) in [6, 6.07) is 11.9. The molecule has 3 aromatic rings. The summed E-state index contributed by atoms with van der Waals surface area (Å²) in [5.74, 6) is -1.43. The Hall–Kier alpha value is -3.62. The first-order valence-electron chi connectivity index (χ1n) is 8.36. The summed E-state index contributed by atoms with van der Waals surface area (Å²) in [5.41, 5.74) is 5.30. The molecule has 0 bridgehead atoms. The van der Waals surface area contributed by atoms with Crippen LogP contribution < -0.4 is 15.8 Å². The van der Waals surface area contributed by atoms with Crippen LogP contribution in [0.25, 0.3) is 0 Å². The van der Waals surface area contributed by atoms with E-state index in [0.717, 1.165) is 11.6 Å². The highest BCUT2D eigenvalue weighted by Crippen LogP contribution is 2.33. The molecule has 2 aromatic carbocycles. The number of carbonyl (C=O) groups excluding carboxylic acids is 1. The molecule has 0 atom stereocenters. The summed E-state index contributed by atoms with van der Waals surface area (Å²) in [7, 11) is 0. The number of nitrogens with zero attached hydrogens (tertiary/aromatic N) is 1. The van der Waals surface area contributed by atoms with E-state index in [1.807, 2.05) is 0 Å². The number of hydrogen-bond acceptors (Lipinski definition) is 4. The van der Waals surface area contributed by atoms with E-state index in [9.17, 15) is 22.4 Å². The van der Waals surface area contributed by atoms with Crippen molar-refractivity contribution in [1.82, 2.24) is 10.3 Å². The van der Waals surface area contributed by atoms with Crippen LogP contribution in [0.5, 0.6) is 11.5 Å². The molecule has 3 N–H and O–H groups in total. The van der Waals surface area contributed by atoms with E-state index in [-0.39, 0.29) is 29.6 Å². The van der Waals surface area contributed by atoms with E-state index in [4.69, 9.17) is 10.5 Å². The normalized spacial score (nSPS) is 11.2. The lowest BCUT2D eigenvalue weighted by atomic mass is 10.2. The number of nitrogens with one attached hydrogen (secondary N) is 1. The minimum absolute atomic E-state index is 0.0661. The fraction of sp³-hybridized carbons (Fsp3) is 0.100. The van der Waals surface area contributed by atoms with Crippen molar-refractivity contribution in [2.45, 2.75) is 12.7 Å². The molecule has 29 heavy (non-hydrogen) atoms. The number of benzene rings is 2. The number of aromatic nitrogens is 1. The van der Waals surface area contributed by atoms with Gasteiger partial charge in [0.25, 0.3) is 5.91 Å². The molecule has 150 valence electrons. The number of rotatable bonds is 5. The summed E-state index contributed by atoms with van der Waals surface area (Å²) in [4.78, 5) is 15.9. The molecule has 0 saturated heterocycles. The van der Waals surface area contributed by atoms with E-state index in [1.54, 1.807) is 36.4 Å². The van der Waals surface area contributed by atoms with Crippen LogP contribution in [0.4, 0.5) is 23.4 Å². The number of anilines is 1. The van der Waals surface area contributed by atoms with Crippen LogP contribution in [-0.2, 0) is 12.7 Å². The van der Waals surface area contributed by atoms with Gasteiger partial charge in [0.05, 0.1) is 11.1 Å². The Kier molecular flexibility index (Phi) is 5.67. The molecular weight excluding hydrogens is 390 g/mol. The van der Waals surface area contributed by atoms with Gasteiger partial charge < -0.3 is 15.8 Å². The number of hydrogen-bond donors (Lipinski definition) is 2. The van der Waals surface area contributed by atoms with Gasteiger partial charge in [-0.25, -0.2) is 9.37 Å². The average molecular weight is 405 g/mol. The molecule has 1 aromatic heterocycles. The Balaban J connectivity index is 1.61. The maximum Gasteiger partial charge on any atom is 0.419 e. The highest BCUT2D eigenvalue weighted by molar-refractivity contribution is 5.98. The van der Waals surface area contributed by atoms with Crippen molar-refractivity contribution in [3.63, 3.8) is 0 Å². The Bertz CT molecular complexity index is 1020. The van der Waals surface area contributed by atoms with Crippen molar-refractivity contribution in [2.24, 2.45) is 0 Å². The molecule has 0 unspecified atom stereocenters. The zero-order chi connectivity index (χ0) is 21.0. The van der Waals surface area contributed by atoms with Gasteiger partial charge in [0.2, 0.25) is 0 Å². The van der Waals surface area contributed by atoms with Crippen LogP contribution in [-0.4, -0.2) is 10.9 Å². The van der Waals surface area contributed by atoms with E-state index in [2.05, 4.69) is 10.3 Å². The maximum atomic E-state index is 13.6. The zero-order valence-corrected chi connectivity index (χ0v) is 14.8. The molecule has 1 heterocycles. The predicted molar refractivity (Wildman–Crippen MR) is 97.7 cm³/mol. The molecule has 0 saturated carbocycles. The summed E-state index contributed by atoms with van der Waals surface area (Å²) in [6.07, 6.45) is -3.29. The van der Waals surface area contributed by atoms with Crippen molar-refractivity contribution >= 4 is 11.7 Å². The molecule has 1 amide bonds. The van der Waals surface area contributed by atoms with Crippen LogP contribution >= 0.6 is 0 Å². The fourth-order valence-corrected chi connectivity index (χ4v) is 2.49. The first-order chi connectivity index (χ1) is 13.7. The number of nitrogen functional groups attached to an aromatic ring is 1. The number of ether oxygens (including phenoxy) is 1. The van der Waals surface area contributed by atoms with Gasteiger partial charge in [0, 0.05) is 18.8 Å². The van der Waals surface area contributed by atoms with Gasteiger partial charge in [0.1, 0.15) is 23.1 Å². The summed E-state index contributed by atoms with van der Waals surface area (Å²) < 4.78 is 56.7. The van der Waals surface area contributed by atoms with Crippen molar-refractivity contribution in [3.8, 4) is 11.5 Å². The highest BCUT2D eigenvalue weighted by Gasteiger charge is 2.34. The second kappa shape index (κ2) is 8.17. The second-order valence-corrected chi connectivity index (χ2v) is 6.00. The van der Waals surface area contributed by atoms with E-state index in [0.29, 0.717) is 17.9 Å². The first-order valence-corrected chi connectivity index (χ1v) is 8.36. The third-order valence-electron chi connectivity index (χ3n) is 3.94. The SMILES string of the molecule is Nc1ncccc1C(=O)NCc1ccc(Oc2ccc(C(F)(F)F)c(F)c2)cc1. The van der Waals surface area contributed by atoms with E-state index >= 15 is 0 Å². The quantitative estimate of drug-likeness (QED) is 0.611. The van der Waals surface area contributed by atoms with Crippen molar-refractivity contribution in [3.05, 3.63) is 83.3 Å². The van der Waals surface area contributed by atoms with Crippen LogP contribution in [0.15, 0.2) is 60.8 Å². The van der Waals surface area contributed by atoms with Crippen LogP contribution in [0.1, 0.15) is 21.5 Å². The van der Waals surface area contributed by atoms with Gasteiger partial charge in [-0.15, -0.1) is 0 Å². The fourth-order valence-electron chi connectivity index (χ4n) is 2.49. The molecule has 0 fully saturated rings. The first kappa shape index (κ1) is 20.1. The second-order valence-electron chi connectivity index (χ2n) is 6.00. The number of alkyl halides is 3. The minimum atomic E-state index is -4.77. The molecule has 9 heteroatoms. The number of carbonyl (C=O) groups is 1. The van der Waals surface area contributed by atoms with Crippen molar-refractivity contribution in [1.29, 1.82) is 0 Å². The van der Waals surface area contributed by atoms with E-state index in [1.165, 1.54) is 6.20 Å². The topological polar surface area (TPSA) is 77.2 Å². The number of amides is 1. The molecule has 0 radical (unpaired) electrons. The third kappa shape index (κ3) is 5.01. The number of nitrogens with two attached hydrogens (primary N) is 1. The van der Waals surface area contributed by atoms with Gasteiger partial charge >= 0.3 is 6.18 Å².